The molecule has 2 aromatic rings. The predicted molar refractivity (Wildman–Crippen MR) is 182 cm³/mol. The Hall–Kier alpha value is -3.22. The standard InChI is InChI=1S/C36H43ClF2N2O7S/c1-4-47-33(43)36(38,39)35(44)16-5-7-22(2)23(3)49(45,46)40-32(42)25-10-14-31-30(18-25)41(19-26-9-12-29(26)35)20-34(21-48-31)15-6-8-24-17-27(37)11-13-28(24)34/h5,10-11,13-14,16-18,22-23,26,29,44H,4,6-9,12,15,19-21H2,1-3H3,(H,40,42)/b16-5+/t22-,23+,26-,29+,34-,35-/m0/s1. The lowest BCUT2D eigenvalue weighted by Crippen LogP contribution is -2.62. The lowest BCUT2D eigenvalue weighted by Gasteiger charge is -2.50. The van der Waals surface area contributed by atoms with Crippen molar-refractivity contribution < 1.29 is 41.4 Å². The number of aliphatic hydroxyl groups is 1. The summed E-state index contributed by atoms with van der Waals surface area (Å²) in [5, 5.41) is 11.5. The number of nitrogens with one attached hydrogen (secondary N) is 1. The van der Waals surface area contributed by atoms with Crippen LogP contribution in [0.3, 0.4) is 0 Å². The smallest absolute Gasteiger partial charge is 0.380 e. The molecule has 1 saturated carbocycles. The third-order valence-electron chi connectivity index (χ3n) is 11.2. The molecule has 2 bridgehead atoms. The van der Waals surface area contributed by atoms with Crippen LogP contribution >= 0.6 is 11.6 Å². The van der Waals surface area contributed by atoms with Gasteiger partial charge >= 0.3 is 11.9 Å². The van der Waals surface area contributed by atoms with Gasteiger partial charge in [-0.15, -0.1) is 0 Å². The highest BCUT2D eigenvalue weighted by atomic mass is 35.5. The van der Waals surface area contributed by atoms with Crippen molar-refractivity contribution in [2.45, 2.75) is 81.5 Å². The summed E-state index contributed by atoms with van der Waals surface area (Å²) < 4.78 is 72.2. The second-order valence-corrected chi connectivity index (χ2v) is 16.6. The number of benzene rings is 2. The van der Waals surface area contributed by atoms with Crippen LogP contribution in [-0.2, 0) is 31.4 Å². The first-order valence-corrected chi connectivity index (χ1v) is 18.9. The number of fused-ring (bicyclic) bond motifs is 4. The van der Waals surface area contributed by atoms with Crippen LogP contribution in [0, 0.1) is 17.8 Å². The summed E-state index contributed by atoms with van der Waals surface area (Å²) in [4.78, 5) is 28.2. The third kappa shape index (κ3) is 6.33. The van der Waals surface area contributed by atoms with Crippen molar-refractivity contribution in [1.29, 1.82) is 0 Å². The molecule has 0 unspecified atom stereocenters. The quantitative estimate of drug-likeness (QED) is 0.301. The molecule has 4 aliphatic rings. The lowest BCUT2D eigenvalue weighted by atomic mass is 9.62. The minimum absolute atomic E-state index is 0.0108. The van der Waals surface area contributed by atoms with Crippen molar-refractivity contribution in [2.24, 2.45) is 17.8 Å². The van der Waals surface area contributed by atoms with Gasteiger partial charge in [0.1, 0.15) is 5.75 Å². The Morgan fingerprint density at radius 2 is 1.98 bits per heavy atom. The number of aryl methyl sites for hydroxylation is 1. The van der Waals surface area contributed by atoms with E-state index >= 15 is 8.78 Å². The number of alkyl halides is 2. The van der Waals surface area contributed by atoms with E-state index in [1.165, 1.54) is 26.0 Å². The molecule has 2 N–H and O–H groups in total. The second kappa shape index (κ2) is 13.2. The number of nitrogens with zero attached hydrogens (tertiary/aromatic N) is 1. The highest BCUT2D eigenvalue weighted by Gasteiger charge is 2.65. The number of hydrogen-bond donors (Lipinski definition) is 2. The molecule has 0 aromatic heterocycles. The first-order chi connectivity index (χ1) is 23.1. The SMILES string of the molecule is CCOC(=O)C(F)(F)[C@]1(O)/C=C/C[C@H](C)[C@@H](C)S(=O)(=O)NC(=O)c2ccc3c(c2)N(C[C@@H]2CC[C@H]21)C[C@@]1(CCCc2cc(Cl)ccc21)CO3. The number of allylic oxidation sites excluding steroid dienone is 1. The zero-order valence-corrected chi connectivity index (χ0v) is 29.5. The maximum Gasteiger partial charge on any atom is 0.380 e. The van der Waals surface area contributed by atoms with Crippen LogP contribution in [-0.4, -0.2) is 68.5 Å². The fourth-order valence-electron chi connectivity index (χ4n) is 7.99. The zero-order chi connectivity index (χ0) is 35.4. The Morgan fingerprint density at radius 3 is 2.69 bits per heavy atom. The fraction of sp³-hybridized carbons (Fsp3) is 0.556. The van der Waals surface area contributed by atoms with Gasteiger partial charge in [-0.05, 0) is 106 Å². The molecule has 0 saturated heterocycles. The molecular weight excluding hydrogens is 678 g/mol. The molecule has 266 valence electrons. The highest BCUT2D eigenvalue weighted by molar-refractivity contribution is 7.90. The average Bonchev–Trinajstić information content (AvgIpc) is 3.18. The summed E-state index contributed by atoms with van der Waals surface area (Å²) in [5.74, 6) is -8.56. The van der Waals surface area contributed by atoms with Gasteiger partial charge in [-0.1, -0.05) is 36.7 Å². The van der Waals surface area contributed by atoms with Gasteiger partial charge in [-0.3, -0.25) is 4.79 Å². The number of anilines is 1. The van der Waals surface area contributed by atoms with E-state index in [-0.39, 0.29) is 31.6 Å². The number of sulfonamides is 1. The van der Waals surface area contributed by atoms with Gasteiger partial charge in [0.25, 0.3) is 5.91 Å². The molecule has 2 heterocycles. The Labute approximate surface area is 291 Å². The van der Waals surface area contributed by atoms with Crippen molar-refractivity contribution in [3.05, 3.63) is 70.3 Å². The van der Waals surface area contributed by atoms with E-state index < -0.39 is 61.8 Å². The maximum atomic E-state index is 16.1. The van der Waals surface area contributed by atoms with E-state index in [9.17, 15) is 23.1 Å². The van der Waals surface area contributed by atoms with Gasteiger partial charge in [0.05, 0.1) is 24.2 Å². The number of ether oxygens (including phenoxy) is 2. The molecule has 2 aliphatic carbocycles. The third-order valence-corrected chi connectivity index (χ3v) is 13.3. The molecular formula is C36H43ClF2N2O7S. The van der Waals surface area contributed by atoms with Crippen LogP contribution < -0.4 is 14.4 Å². The molecule has 0 radical (unpaired) electrons. The van der Waals surface area contributed by atoms with Gasteiger partial charge in [0, 0.05) is 35.0 Å². The number of carbonyl (C=O) groups is 2. The van der Waals surface area contributed by atoms with Crippen molar-refractivity contribution in [1.82, 2.24) is 4.72 Å². The number of rotatable bonds is 3. The van der Waals surface area contributed by atoms with Crippen LogP contribution in [0.25, 0.3) is 0 Å². The van der Waals surface area contributed by atoms with Crippen LogP contribution in [0.4, 0.5) is 14.5 Å². The lowest BCUT2D eigenvalue weighted by molar-refractivity contribution is -0.225. The largest absolute Gasteiger partial charge is 0.490 e. The number of hydrogen-bond acceptors (Lipinski definition) is 8. The van der Waals surface area contributed by atoms with E-state index in [2.05, 4.69) is 4.72 Å². The van der Waals surface area contributed by atoms with E-state index in [0.717, 1.165) is 36.5 Å². The summed E-state index contributed by atoms with van der Waals surface area (Å²) in [6.45, 7) is 5.09. The van der Waals surface area contributed by atoms with Gasteiger partial charge < -0.3 is 19.5 Å². The Balaban J connectivity index is 1.48. The summed E-state index contributed by atoms with van der Waals surface area (Å²) in [6, 6.07) is 10.5. The Kier molecular flexibility index (Phi) is 9.56. The monoisotopic (exact) mass is 720 g/mol. The maximum absolute atomic E-state index is 16.1. The van der Waals surface area contributed by atoms with Crippen molar-refractivity contribution in [3.8, 4) is 5.75 Å². The Bertz CT molecular complexity index is 1770. The van der Waals surface area contributed by atoms with E-state index in [4.69, 9.17) is 21.1 Å². The number of halogens is 3. The minimum Gasteiger partial charge on any atom is -0.490 e. The zero-order valence-electron chi connectivity index (χ0n) is 27.9. The van der Waals surface area contributed by atoms with Gasteiger partial charge in [-0.2, -0.15) is 8.78 Å². The van der Waals surface area contributed by atoms with E-state index in [1.54, 1.807) is 19.1 Å². The molecule has 1 spiro atoms. The number of carbonyl (C=O) groups excluding carboxylic acids is 2. The molecule has 6 atom stereocenters. The Morgan fingerprint density at radius 1 is 1.20 bits per heavy atom. The topological polar surface area (TPSA) is 122 Å². The summed E-state index contributed by atoms with van der Waals surface area (Å²) in [7, 11) is -4.20. The first kappa shape index (κ1) is 35.6. The van der Waals surface area contributed by atoms with Crippen LogP contribution in [0.15, 0.2) is 48.6 Å². The molecule has 49 heavy (non-hydrogen) atoms. The summed E-state index contributed by atoms with van der Waals surface area (Å²) >= 11 is 6.38. The van der Waals surface area contributed by atoms with Gasteiger partial charge in [-0.25, -0.2) is 17.9 Å². The van der Waals surface area contributed by atoms with Crippen molar-refractivity contribution in [2.75, 3.05) is 31.2 Å². The molecule has 6 rings (SSSR count). The van der Waals surface area contributed by atoms with Gasteiger partial charge in [0.2, 0.25) is 10.0 Å². The van der Waals surface area contributed by atoms with E-state index in [0.29, 0.717) is 36.0 Å². The van der Waals surface area contributed by atoms with Crippen LogP contribution in [0.1, 0.15) is 74.4 Å². The molecule has 9 nitrogen and oxygen atoms in total. The molecule has 2 aliphatic heterocycles. The first-order valence-electron chi connectivity index (χ1n) is 16.9. The summed E-state index contributed by atoms with van der Waals surface area (Å²) in [6.07, 6.45) is 5.48. The van der Waals surface area contributed by atoms with Crippen molar-refractivity contribution in [3.63, 3.8) is 0 Å². The molecule has 1 amide bonds. The summed E-state index contributed by atoms with van der Waals surface area (Å²) in [5.41, 5.74) is -0.614. The normalized spacial score (nSPS) is 32.0. The molecule has 13 heteroatoms. The van der Waals surface area contributed by atoms with Crippen molar-refractivity contribution >= 4 is 39.2 Å². The highest BCUT2D eigenvalue weighted by Crippen LogP contribution is 2.52. The van der Waals surface area contributed by atoms with Crippen LogP contribution in [0.5, 0.6) is 5.75 Å². The number of amides is 1. The average molecular weight is 721 g/mol. The predicted octanol–water partition coefficient (Wildman–Crippen LogP) is 5.81. The van der Waals surface area contributed by atoms with Gasteiger partial charge in [0.15, 0.2) is 5.60 Å². The molecule has 1 fully saturated rings. The minimum atomic E-state index is -4.28. The van der Waals surface area contributed by atoms with Crippen LogP contribution in [0.2, 0.25) is 5.02 Å². The number of esters is 1. The fourth-order valence-corrected chi connectivity index (χ4v) is 9.47. The second-order valence-electron chi connectivity index (χ2n) is 14.1. The molecule has 2 aromatic carbocycles. The van der Waals surface area contributed by atoms with E-state index in [1.807, 2.05) is 23.1 Å².